The molecule has 4 nitrogen and oxygen atoms in total. The van der Waals surface area contributed by atoms with E-state index in [0.29, 0.717) is 23.7 Å². The van der Waals surface area contributed by atoms with Gasteiger partial charge in [-0.3, -0.25) is 9.78 Å². The Morgan fingerprint density at radius 2 is 2.20 bits per heavy atom. The fourth-order valence-corrected chi connectivity index (χ4v) is 3.32. The number of nitrogens with zero attached hydrogens (tertiary/aromatic N) is 2. The third kappa shape index (κ3) is 4.95. The molecule has 1 aromatic carbocycles. The van der Waals surface area contributed by atoms with E-state index >= 15 is 0 Å². The van der Waals surface area contributed by atoms with Crippen molar-refractivity contribution in [3.63, 3.8) is 0 Å². The minimum Gasteiger partial charge on any atom is -0.487 e. The van der Waals surface area contributed by atoms with Crippen molar-refractivity contribution in [2.75, 3.05) is 13.1 Å². The van der Waals surface area contributed by atoms with Crippen molar-refractivity contribution < 1.29 is 9.53 Å². The molecule has 0 bridgehead atoms. The highest BCUT2D eigenvalue weighted by Crippen LogP contribution is 2.26. The first-order valence-corrected chi connectivity index (χ1v) is 9.09. The molecule has 0 spiro atoms. The van der Waals surface area contributed by atoms with Crippen LogP contribution in [-0.4, -0.2) is 35.0 Å². The zero-order chi connectivity index (χ0) is 17.6. The van der Waals surface area contributed by atoms with Crippen LogP contribution in [0.1, 0.15) is 30.4 Å². The van der Waals surface area contributed by atoms with Crippen LogP contribution >= 0.6 is 11.6 Å². The van der Waals surface area contributed by atoms with Crippen molar-refractivity contribution >= 4 is 17.5 Å². The Morgan fingerprint density at radius 1 is 1.36 bits per heavy atom. The number of likely N-dealkylation sites (tertiary alicyclic amines) is 1. The average Bonchev–Trinajstić information content (AvgIpc) is 2.62. The van der Waals surface area contributed by atoms with E-state index in [1.807, 2.05) is 48.5 Å². The van der Waals surface area contributed by atoms with Crippen molar-refractivity contribution in [2.24, 2.45) is 0 Å². The van der Waals surface area contributed by atoms with E-state index < -0.39 is 0 Å². The molecule has 2 heterocycles. The van der Waals surface area contributed by atoms with Gasteiger partial charge in [-0.25, -0.2) is 0 Å². The molecular weight excluding hydrogens is 336 g/mol. The number of carbonyl (C=O) groups is 1. The Kier molecular flexibility index (Phi) is 5.92. The Hall–Kier alpha value is -2.07. The van der Waals surface area contributed by atoms with E-state index in [9.17, 15) is 4.79 Å². The van der Waals surface area contributed by atoms with Gasteiger partial charge in [0.25, 0.3) is 0 Å². The first-order chi connectivity index (χ1) is 12.1. The number of amides is 1. The molecule has 0 aliphatic carbocycles. The van der Waals surface area contributed by atoms with Gasteiger partial charge in [-0.15, -0.1) is 0 Å². The number of rotatable bonds is 5. The number of ether oxygens (including phenoxy) is 1. The Bertz CT molecular complexity index is 735. The molecule has 1 aliphatic heterocycles. The van der Waals surface area contributed by atoms with E-state index in [1.54, 1.807) is 0 Å². The molecule has 1 aromatic heterocycles. The number of para-hydroxylation sites is 1. The Labute approximate surface area is 153 Å². The molecule has 3 rings (SSSR count). The lowest BCUT2D eigenvalue weighted by Crippen LogP contribution is -2.44. The van der Waals surface area contributed by atoms with E-state index in [-0.39, 0.29) is 12.0 Å². The van der Waals surface area contributed by atoms with Crippen molar-refractivity contribution in [3.8, 4) is 5.75 Å². The summed E-state index contributed by atoms with van der Waals surface area (Å²) < 4.78 is 6.01. The monoisotopic (exact) mass is 358 g/mol. The summed E-state index contributed by atoms with van der Waals surface area (Å²) in [6, 6.07) is 9.56. The molecule has 1 unspecified atom stereocenters. The summed E-state index contributed by atoms with van der Waals surface area (Å²) in [6.45, 7) is 3.43. The molecule has 132 valence electrons. The molecule has 1 fully saturated rings. The van der Waals surface area contributed by atoms with Crippen LogP contribution in [0, 0.1) is 6.92 Å². The number of hydrogen-bond donors (Lipinski definition) is 0. The quantitative estimate of drug-likeness (QED) is 0.809. The lowest BCUT2D eigenvalue weighted by atomic mass is 10.1. The number of pyridine rings is 1. The second kappa shape index (κ2) is 8.34. The summed E-state index contributed by atoms with van der Waals surface area (Å²) >= 11 is 6.16. The van der Waals surface area contributed by atoms with Gasteiger partial charge in [-0.1, -0.05) is 29.8 Å². The number of hydrogen-bond acceptors (Lipinski definition) is 3. The van der Waals surface area contributed by atoms with E-state index in [2.05, 4.69) is 11.1 Å². The van der Waals surface area contributed by atoms with Crippen LogP contribution in [0.5, 0.6) is 5.75 Å². The number of halogens is 1. The summed E-state index contributed by atoms with van der Waals surface area (Å²) in [6.07, 6.45) is 6.78. The molecule has 1 amide bonds. The number of aromatic nitrogens is 1. The highest BCUT2D eigenvalue weighted by atomic mass is 35.5. The van der Waals surface area contributed by atoms with Gasteiger partial charge in [0.1, 0.15) is 11.9 Å². The van der Waals surface area contributed by atoms with Gasteiger partial charge in [0.05, 0.1) is 11.6 Å². The minimum atomic E-state index is -0.00163. The summed E-state index contributed by atoms with van der Waals surface area (Å²) in [5.41, 5.74) is 2.23. The molecular formula is C20H23ClN2O2. The van der Waals surface area contributed by atoms with Crippen molar-refractivity contribution in [1.29, 1.82) is 0 Å². The zero-order valence-electron chi connectivity index (χ0n) is 14.5. The van der Waals surface area contributed by atoms with Crippen LogP contribution < -0.4 is 4.74 Å². The highest BCUT2D eigenvalue weighted by molar-refractivity contribution is 6.32. The normalized spacial score (nSPS) is 17.4. The predicted octanol–water partition coefficient (Wildman–Crippen LogP) is 4.05. The number of aryl methyl sites for hydroxylation is 2. The second-order valence-corrected chi connectivity index (χ2v) is 6.93. The fraction of sp³-hybridized carbons (Fsp3) is 0.400. The van der Waals surface area contributed by atoms with Gasteiger partial charge < -0.3 is 9.64 Å². The highest BCUT2D eigenvalue weighted by Gasteiger charge is 2.25. The zero-order valence-corrected chi connectivity index (χ0v) is 15.2. The second-order valence-electron chi connectivity index (χ2n) is 6.52. The van der Waals surface area contributed by atoms with E-state index in [1.165, 1.54) is 0 Å². The smallest absolute Gasteiger partial charge is 0.223 e. The third-order valence-electron chi connectivity index (χ3n) is 4.42. The summed E-state index contributed by atoms with van der Waals surface area (Å²) in [4.78, 5) is 18.6. The third-order valence-corrected chi connectivity index (χ3v) is 4.73. The number of benzene rings is 1. The van der Waals surface area contributed by atoms with Crippen LogP contribution in [0.2, 0.25) is 5.02 Å². The Morgan fingerprint density at radius 3 is 3.00 bits per heavy atom. The maximum absolute atomic E-state index is 12.5. The largest absolute Gasteiger partial charge is 0.487 e. The van der Waals surface area contributed by atoms with Crippen molar-refractivity contribution in [1.82, 2.24) is 9.88 Å². The van der Waals surface area contributed by atoms with Gasteiger partial charge in [0.2, 0.25) is 5.91 Å². The van der Waals surface area contributed by atoms with E-state index in [0.717, 1.165) is 36.9 Å². The molecule has 1 aliphatic rings. The molecule has 0 radical (unpaired) electrons. The predicted molar refractivity (Wildman–Crippen MR) is 99.0 cm³/mol. The summed E-state index contributed by atoms with van der Waals surface area (Å²) in [5.74, 6) is 0.864. The van der Waals surface area contributed by atoms with Crippen LogP contribution in [0.15, 0.2) is 42.7 Å². The summed E-state index contributed by atoms with van der Waals surface area (Å²) in [5, 5.41) is 0.609. The SMILES string of the molecule is Cc1cncc(CCC(=O)N2CCCC(Oc3ccccc3Cl)C2)c1. The van der Waals surface area contributed by atoms with E-state index in [4.69, 9.17) is 16.3 Å². The molecule has 0 N–H and O–H groups in total. The Balaban J connectivity index is 1.53. The van der Waals surface area contributed by atoms with Gasteiger partial charge >= 0.3 is 0 Å². The van der Waals surface area contributed by atoms with Crippen LogP contribution in [-0.2, 0) is 11.2 Å². The van der Waals surface area contributed by atoms with Gasteiger partial charge in [-0.05, 0) is 49.4 Å². The molecule has 0 saturated carbocycles. The maximum atomic E-state index is 12.5. The average molecular weight is 359 g/mol. The van der Waals surface area contributed by atoms with Gasteiger partial charge in [0, 0.05) is 25.4 Å². The van der Waals surface area contributed by atoms with Crippen molar-refractivity contribution in [3.05, 3.63) is 58.9 Å². The number of piperidine rings is 1. The molecule has 1 atom stereocenters. The lowest BCUT2D eigenvalue weighted by Gasteiger charge is -2.33. The summed E-state index contributed by atoms with van der Waals surface area (Å²) in [7, 11) is 0. The van der Waals surface area contributed by atoms with Gasteiger partial charge in [0.15, 0.2) is 0 Å². The molecule has 1 saturated heterocycles. The topological polar surface area (TPSA) is 42.4 Å². The van der Waals surface area contributed by atoms with Crippen LogP contribution in [0.4, 0.5) is 0 Å². The van der Waals surface area contributed by atoms with Crippen LogP contribution in [0.25, 0.3) is 0 Å². The molecule has 25 heavy (non-hydrogen) atoms. The molecule has 2 aromatic rings. The van der Waals surface area contributed by atoms with Crippen molar-refractivity contribution in [2.45, 2.75) is 38.7 Å². The van der Waals surface area contributed by atoms with Gasteiger partial charge in [-0.2, -0.15) is 0 Å². The first-order valence-electron chi connectivity index (χ1n) is 8.71. The van der Waals surface area contributed by atoms with Crippen LogP contribution in [0.3, 0.4) is 0 Å². The minimum absolute atomic E-state index is 0.00163. The fourth-order valence-electron chi connectivity index (χ4n) is 3.14. The maximum Gasteiger partial charge on any atom is 0.223 e. The number of carbonyl (C=O) groups excluding carboxylic acids is 1. The standard InChI is InChI=1S/C20H23ClN2O2/c1-15-11-16(13-22-12-15)8-9-20(24)23-10-4-5-17(14-23)25-19-7-3-2-6-18(19)21/h2-3,6-7,11-13,17H,4-5,8-10,14H2,1H3. The molecule has 5 heteroatoms. The lowest BCUT2D eigenvalue weighted by molar-refractivity contribution is -0.133. The first kappa shape index (κ1) is 17.7.